The van der Waals surface area contributed by atoms with Crippen LogP contribution < -0.4 is 9.47 Å². The Morgan fingerprint density at radius 3 is 2.30 bits per heavy atom. The Morgan fingerprint density at radius 1 is 1.04 bits per heavy atom. The number of benzene rings is 2. The van der Waals surface area contributed by atoms with Crippen molar-refractivity contribution in [3.05, 3.63) is 65.2 Å². The van der Waals surface area contributed by atoms with E-state index in [9.17, 15) is 14.4 Å². The van der Waals surface area contributed by atoms with E-state index < -0.39 is 24.4 Å². The first-order valence-electron chi connectivity index (χ1n) is 8.17. The van der Waals surface area contributed by atoms with Gasteiger partial charge in [-0.1, -0.05) is 35.4 Å². The van der Waals surface area contributed by atoms with Crippen LogP contribution in [0.4, 0.5) is 0 Å². The highest BCUT2D eigenvalue weighted by atomic mass is 16.7. The molecule has 0 aromatic heterocycles. The van der Waals surface area contributed by atoms with Crippen LogP contribution in [0.25, 0.3) is 6.08 Å². The fraction of sp³-hybridized carbons (Fsp3) is 0.150. The van der Waals surface area contributed by atoms with Crippen molar-refractivity contribution in [1.82, 2.24) is 5.06 Å². The summed E-state index contributed by atoms with van der Waals surface area (Å²) in [4.78, 5) is 41.3. The van der Waals surface area contributed by atoms with Gasteiger partial charge in [0, 0.05) is 0 Å². The summed E-state index contributed by atoms with van der Waals surface area (Å²) < 4.78 is 10.7. The van der Waals surface area contributed by atoms with Crippen molar-refractivity contribution >= 4 is 23.9 Å². The standard InChI is InChI=1S/C20H17NO6/c1-3-6-13-9-10-16(17(11-13)25-2)26-12-18(22)27-21-19(23)14-7-4-5-8-15(14)20(21)24/h3-11H,12H2,1-2H3/b6-3+. The summed E-state index contributed by atoms with van der Waals surface area (Å²) in [6, 6.07) is 11.5. The van der Waals surface area contributed by atoms with Crippen LogP contribution in [-0.2, 0) is 9.63 Å². The smallest absolute Gasteiger partial charge is 0.370 e. The van der Waals surface area contributed by atoms with Crippen LogP contribution in [0.5, 0.6) is 11.5 Å². The zero-order chi connectivity index (χ0) is 19.4. The summed E-state index contributed by atoms with van der Waals surface area (Å²) in [5, 5.41) is 0.447. The SMILES string of the molecule is C/C=C/c1ccc(OCC(=O)ON2C(=O)c3ccccc3C2=O)c(OC)c1. The molecule has 0 N–H and O–H groups in total. The van der Waals surface area contributed by atoms with Gasteiger partial charge in [0.1, 0.15) is 0 Å². The van der Waals surface area contributed by atoms with Crippen molar-refractivity contribution in [2.75, 3.05) is 13.7 Å². The Kier molecular flexibility index (Phi) is 5.21. The predicted octanol–water partition coefficient (Wildman–Crippen LogP) is 2.86. The maximum atomic E-state index is 12.2. The van der Waals surface area contributed by atoms with Crippen molar-refractivity contribution in [2.45, 2.75) is 6.92 Å². The number of hydroxylamine groups is 2. The van der Waals surface area contributed by atoms with Crippen molar-refractivity contribution in [3.63, 3.8) is 0 Å². The minimum absolute atomic E-state index is 0.192. The number of imide groups is 1. The average molecular weight is 367 g/mol. The van der Waals surface area contributed by atoms with Gasteiger partial charge in [0.25, 0.3) is 11.8 Å². The number of carbonyl (C=O) groups excluding carboxylic acids is 3. The lowest BCUT2D eigenvalue weighted by molar-refractivity contribution is -0.170. The van der Waals surface area contributed by atoms with E-state index in [1.54, 1.807) is 30.3 Å². The van der Waals surface area contributed by atoms with Gasteiger partial charge < -0.3 is 14.3 Å². The molecule has 1 aliphatic rings. The maximum Gasteiger partial charge on any atom is 0.370 e. The second-order valence-corrected chi connectivity index (χ2v) is 5.61. The zero-order valence-electron chi connectivity index (χ0n) is 14.8. The number of allylic oxidation sites excluding steroid dienone is 1. The highest BCUT2D eigenvalue weighted by Crippen LogP contribution is 2.29. The number of amides is 2. The molecule has 7 nitrogen and oxygen atoms in total. The number of carbonyl (C=O) groups is 3. The lowest BCUT2D eigenvalue weighted by atomic mass is 10.1. The van der Waals surface area contributed by atoms with Crippen molar-refractivity contribution in [3.8, 4) is 11.5 Å². The molecule has 27 heavy (non-hydrogen) atoms. The molecule has 0 unspecified atom stereocenters. The van der Waals surface area contributed by atoms with Crippen LogP contribution in [0.1, 0.15) is 33.2 Å². The quantitative estimate of drug-likeness (QED) is 0.730. The third-order valence-corrected chi connectivity index (χ3v) is 3.84. The maximum absolute atomic E-state index is 12.2. The first-order chi connectivity index (χ1) is 13.0. The summed E-state index contributed by atoms with van der Waals surface area (Å²) in [5.74, 6) is -1.47. The Labute approximate surface area is 155 Å². The van der Waals surface area contributed by atoms with Gasteiger partial charge in [-0.3, -0.25) is 9.59 Å². The molecule has 0 atom stereocenters. The van der Waals surface area contributed by atoms with E-state index in [0.717, 1.165) is 5.56 Å². The summed E-state index contributed by atoms with van der Waals surface area (Å²) in [5.41, 5.74) is 1.30. The van der Waals surface area contributed by atoms with Gasteiger partial charge in [0.2, 0.25) is 0 Å². The van der Waals surface area contributed by atoms with Gasteiger partial charge in [-0.05, 0) is 36.8 Å². The van der Waals surface area contributed by atoms with Crippen LogP contribution in [0.3, 0.4) is 0 Å². The van der Waals surface area contributed by atoms with Crippen LogP contribution >= 0.6 is 0 Å². The lowest BCUT2D eigenvalue weighted by Gasteiger charge is -2.14. The Morgan fingerprint density at radius 2 is 1.70 bits per heavy atom. The Bertz CT molecular complexity index is 899. The summed E-state index contributed by atoms with van der Waals surface area (Å²) in [6.45, 7) is 1.40. The molecule has 3 rings (SSSR count). The topological polar surface area (TPSA) is 82.1 Å². The highest BCUT2D eigenvalue weighted by molar-refractivity contribution is 6.20. The minimum atomic E-state index is -0.885. The first kappa shape index (κ1) is 18.2. The van der Waals surface area contributed by atoms with E-state index in [0.29, 0.717) is 16.6 Å². The average Bonchev–Trinajstić information content (AvgIpc) is 2.92. The molecule has 1 aliphatic heterocycles. The predicted molar refractivity (Wildman–Crippen MR) is 96.2 cm³/mol. The van der Waals surface area contributed by atoms with Crippen molar-refractivity contribution < 1.29 is 28.7 Å². The normalized spacial score (nSPS) is 13.0. The third-order valence-electron chi connectivity index (χ3n) is 3.84. The van der Waals surface area contributed by atoms with Gasteiger partial charge in [-0.2, -0.15) is 0 Å². The molecule has 0 saturated heterocycles. The van der Waals surface area contributed by atoms with E-state index in [1.807, 2.05) is 19.1 Å². The zero-order valence-corrected chi connectivity index (χ0v) is 14.8. The van der Waals surface area contributed by atoms with Crippen LogP contribution in [0.15, 0.2) is 48.5 Å². The molecule has 0 spiro atoms. The van der Waals surface area contributed by atoms with Crippen LogP contribution in [-0.4, -0.2) is 36.6 Å². The number of nitrogens with zero attached hydrogens (tertiary/aromatic N) is 1. The number of methoxy groups -OCH3 is 1. The van der Waals surface area contributed by atoms with Crippen molar-refractivity contribution in [1.29, 1.82) is 0 Å². The molecule has 138 valence electrons. The Hall–Kier alpha value is -3.61. The first-order valence-corrected chi connectivity index (χ1v) is 8.17. The van der Waals surface area contributed by atoms with Gasteiger partial charge in [-0.15, -0.1) is 0 Å². The molecular formula is C20H17NO6. The van der Waals surface area contributed by atoms with Gasteiger partial charge in [-0.25, -0.2) is 4.79 Å². The molecular weight excluding hydrogens is 350 g/mol. The summed E-state index contributed by atoms with van der Waals surface area (Å²) >= 11 is 0. The van der Waals surface area contributed by atoms with Gasteiger partial charge >= 0.3 is 5.97 Å². The van der Waals surface area contributed by atoms with Gasteiger partial charge in [0.15, 0.2) is 18.1 Å². The number of ether oxygens (including phenoxy) is 2. The molecule has 0 fully saturated rings. The molecule has 2 amide bonds. The fourth-order valence-electron chi connectivity index (χ4n) is 2.61. The van der Waals surface area contributed by atoms with Gasteiger partial charge in [0.05, 0.1) is 18.2 Å². The number of rotatable bonds is 6. The molecule has 2 aromatic rings. The number of fused-ring (bicyclic) bond motifs is 1. The van der Waals surface area contributed by atoms with Crippen LogP contribution in [0, 0.1) is 0 Å². The fourth-order valence-corrected chi connectivity index (χ4v) is 2.61. The van der Waals surface area contributed by atoms with E-state index in [4.69, 9.17) is 14.3 Å². The van der Waals surface area contributed by atoms with E-state index in [-0.39, 0.29) is 11.1 Å². The molecule has 1 heterocycles. The Balaban J connectivity index is 1.64. The van der Waals surface area contributed by atoms with Crippen LogP contribution in [0.2, 0.25) is 0 Å². The number of hydrogen-bond donors (Lipinski definition) is 0. The largest absolute Gasteiger partial charge is 0.493 e. The summed E-state index contributed by atoms with van der Waals surface area (Å²) in [7, 11) is 1.48. The second-order valence-electron chi connectivity index (χ2n) is 5.61. The molecule has 0 bridgehead atoms. The molecule has 2 aromatic carbocycles. The van der Waals surface area contributed by atoms with E-state index >= 15 is 0 Å². The van der Waals surface area contributed by atoms with Crippen molar-refractivity contribution in [2.24, 2.45) is 0 Å². The minimum Gasteiger partial charge on any atom is -0.493 e. The number of hydrogen-bond acceptors (Lipinski definition) is 6. The monoisotopic (exact) mass is 367 g/mol. The van der Waals surface area contributed by atoms with E-state index in [1.165, 1.54) is 19.2 Å². The second kappa shape index (κ2) is 7.74. The van der Waals surface area contributed by atoms with E-state index in [2.05, 4.69) is 0 Å². The lowest BCUT2D eigenvalue weighted by Crippen LogP contribution is -2.34. The highest BCUT2D eigenvalue weighted by Gasteiger charge is 2.38. The molecule has 0 saturated carbocycles. The molecule has 0 aliphatic carbocycles. The molecule has 0 radical (unpaired) electrons. The molecule has 7 heteroatoms. The third kappa shape index (κ3) is 3.67. The summed E-state index contributed by atoms with van der Waals surface area (Å²) in [6.07, 6.45) is 3.78.